The summed E-state index contributed by atoms with van der Waals surface area (Å²) >= 11 is 5.90. The van der Waals surface area contributed by atoms with Gasteiger partial charge in [0.25, 0.3) is 0 Å². The Morgan fingerprint density at radius 2 is 1.51 bits per heavy atom. The van der Waals surface area contributed by atoms with Crippen LogP contribution >= 0.6 is 11.6 Å². The maximum atomic E-state index is 12.6. The molecule has 35 heavy (non-hydrogen) atoms. The van der Waals surface area contributed by atoms with Gasteiger partial charge < -0.3 is 19.6 Å². The minimum absolute atomic E-state index is 0.0629. The number of nitrogens with one attached hydrogen (secondary N) is 1. The number of benzene rings is 3. The van der Waals surface area contributed by atoms with Crippen molar-refractivity contribution in [2.45, 2.75) is 26.9 Å². The summed E-state index contributed by atoms with van der Waals surface area (Å²) in [5.41, 5.74) is 6.51. The van der Waals surface area contributed by atoms with Crippen LogP contribution in [0.3, 0.4) is 0 Å². The molecular weight excluding hydrogens is 460 g/mol. The average Bonchev–Trinajstić information content (AvgIpc) is 2.83. The second-order valence-corrected chi connectivity index (χ2v) is 9.95. The summed E-state index contributed by atoms with van der Waals surface area (Å²) in [6.45, 7) is 11.4. The molecule has 2 N–H and O–H groups in total. The molecular formula is C29H34ClN2O3+. The lowest BCUT2D eigenvalue weighted by Crippen LogP contribution is -3.16. The summed E-state index contributed by atoms with van der Waals surface area (Å²) in [6, 6.07) is 18.4. The minimum Gasteiger partial charge on any atom is -0.491 e. The second kappa shape index (κ2) is 11.3. The van der Waals surface area contributed by atoms with Crippen molar-refractivity contribution in [3.8, 4) is 5.75 Å². The van der Waals surface area contributed by atoms with E-state index in [9.17, 15) is 9.90 Å². The monoisotopic (exact) mass is 493 g/mol. The maximum Gasteiger partial charge on any atom is 0.193 e. The molecule has 0 saturated carbocycles. The van der Waals surface area contributed by atoms with Crippen molar-refractivity contribution in [3.63, 3.8) is 0 Å². The first kappa shape index (κ1) is 25.2. The number of ether oxygens (including phenoxy) is 1. The number of ketones is 1. The van der Waals surface area contributed by atoms with E-state index in [0.717, 1.165) is 26.2 Å². The standard InChI is InChI=1S/C29H33ClN2O3/c1-20-16-21(2)28(22(3)17-20)32-14-12-31(13-15-32)18-26(33)19-35-27-10-6-24(7-11-27)29(34)23-4-8-25(30)9-5-23/h4-11,16-17,26,33H,12-15,18-19H2,1-3H3/p+1. The number of aliphatic hydroxyl groups is 1. The maximum absolute atomic E-state index is 12.6. The van der Waals surface area contributed by atoms with Crippen molar-refractivity contribution in [1.82, 2.24) is 0 Å². The Kier molecular flexibility index (Phi) is 8.11. The van der Waals surface area contributed by atoms with Crippen molar-refractivity contribution in [3.05, 3.63) is 93.5 Å². The Morgan fingerprint density at radius 3 is 2.09 bits per heavy atom. The number of halogens is 1. The molecule has 1 saturated heterocycles. The Balaban J connectivity index is 1.24. The third-order valence-corrected chi connectivity index (χ3v) is 6.86. The third kappa shape index (κ3) is 6.43. The molecule has 3 aromatic carbocycles. The van der Waals surface area contributed by atoms with Gasteiger partial charge in [-0.3, -0.25) is 4.79 Å². The van der Waals surface area contributed by atoms with E-state index in [1.165, 1.54) is 27.3 Å². The first-order chi connectivity index (χ1) is 16.8. The van der Waals surface area contributed by atoms with Crippen LogP contribution in [0.4, 0.5) is 5.69 Å². The van der Waals surface area contributed by atoms with Crippen LogP contribution in [0.25, 0.3) is 0 Å². The largest absolute Gasteiger partial charge is 0.491 e. The summed E-state index contributed by atoms with van der Waals surface area (Å²) < 4.78 is 5.80. The third-order valence-electron chi connectivity index (χ3n) is 6.61. The van der Waals surface area contributed by atoms with E-state index >= 15 is 0 Å². The van der Waals surface area contributed by atoms with Crippen LogP contribution in [0.15, 0.2) is 60.7 Å². The summed E-state index contributed by atoms with van der Waals surface area (Å²) in [5, 5.41) is 11.2. The normalized spacial score (nSPS) is 15.2. The fourth-order valence-electron chi connectivity index (χ4n) is 4.98. The molecule has 0 aliphatic carbocycles. The number of aryl methyl sites for hydroxylation is 3. The van der Waals surface area contributed by atoms with Crippen LogP contribution in [0.2, 0.25) is 5.02 Å². The topological polar surface area (TPSA) is 54.2 Å². The van der Waals surface area contributed by atoms with E-state index in [-0.39, 0.29) is 12.4 Å². The first-order valence-electron chi connectivity index (χ1n) is 12.2. The Hall–Kier alpha value is -2.86. The van der Waals surface area contributed by atoms with Gasteiger partial charge in [-0.15, -0.1) is 0 Å². The Bertz CT molecular complexity index is 1130. The molecule has 0 amide bonds. The highest BCUT2D eigenvalue weighted by Gasteiger charge is 2.24. The van der Waals surface area contributed by atoms with E-state index in [1.807, 2.05) is 0 Å². The van der Waals surface area contributed by atoms with Crippen LogP contribution in [0.5, 0.6) is 5.75 Å². The molecule has 1 aliphatic rings. The van der Waals surface area contributed by atoms with E-state index in [1.54, 1.807) is 48.5 Å². The van der Waals surface area contributed by atoms with Gasteiger partial charge in [-0.25, -0.2) is 0 Å². The van der Waals surface area contributed by atoms with Gasteiger partial charge in [0, 0.05) is 21.8 Å². The Morgan fingerprint density at radius 1 is 0.971 bits per heavy atom. The minimum atomic E-state index is -0.547. The quantitative estimate of drug-likeness (QED) is 0.470. The molecule has 0 spiro atoms. The van der Waals surface area contributed by atoms with Crippen molar-refractivity contribution >= 4 is 23.1 Å². The molecule has 1 fully saturated rings. The lowest BCUT2D eigenvalue weighted by atomic mass is 10.0. The average molecular weight is 494 g/mol. The molecule has 3 aromatic rings. The van der Waals surface area contributed by atoms with Gasteiger partial charge in [-0.2, -0.15) is 0 Å². The lowest BCUT2D eigenvalue weighted by Gasteiger charge is -2.36. The van der Waals surface area contributed by atoms with Gasteiger partial charge in [-0.05, 0) is 80.4 Å². The SMILES string of the molecule is Cc1cc(C)c(N2CC[NH+](CC(O)COc3ccc(C(=O)c4ccc(Cl)cc4)cc3)CC2)c(C)c1. The number of nitrogens with zero attached hydrogens (tertiary/aromatic N) is 1. The first-order valence-corrected chi connectivity index (χ1v) is 12.6. The van der Waals surface area contributed by atoms with Gasteiger partial charge in [0.15, 0.2) is 5.78 Å². The zero-order chi connectivity index (χ0) is 24.9. The summed E-state index contributed by atoms with van der Waals surface area (Å²) in [4.78, 5) is 16.5. The van der Waals surface area contributed by atoms with E-state index in [2.05, 4.69) is 37.8 Å². The fourth-order valence-corrected chi connectivity index (χ4v) is 5.10. The number of aliphatic hydroxyl groups excluding tert-OH is 1. The Labute approximate surface area is 212 Å². The van der Waals surface area contributed by atoms with Crippen molar-refractivity contribution in [1.29, 1.82) is 0 Å². The van der Waals surface area contributed by atoms with Crippen molar-refractivity contribution in [2.75, 3.05) is 44.2 Å². The number of hydrogen-bond acceptors (Lipinski definition) is 4. The van der Waals surface area contributed by atoms with Gasteiger partial charge in [0.05, 0.1) is 26.2 Å². The van der Waals surface area contributed by atoms with Crippen LogP contribution in [0.1, 0.15) is 32.6 Å². The van der Waals surface area contributed by atoms with Crippen LogP contribution < -0.4 is 14.5 Å². The van der Waals surface area contributed by atoms with Crippen LogP contribution in [0, 0.1) is 20.8 Å². The fraction of sp³-hybridized carbons (Fsp3) is 0.345. The van der Waals surface area contributed by atoms with Crippen molar-refractivity contribution in [2.24, 2.45) is 0 Å². The molecule has 0 aromatic heterocycles. The number of carbonyl (C=O) groups is 1. The predicted octanol–water partition coefficient (Wildman–Crippen LogP) is 3.64. The van der Waals surface area contributed by atoms with E-state index in [4.69, 9.17) is 16.3 Å². The van der Waals surface area contributed by atoms with Crippen molar-refractivity contribution < 1.29 is 19.5 Å². The summed E-state index contributed by atoms with van der Waals surface area (Å²) in [5.74, 6) is 0.578. The number of piperazine rings is 1. The molecule has 1 heterocycles. The highest BCUT2D eigenvalue weighted by molar-refractivity contribution is 6.30. The zero-order valence-electron chi connectivity index (χ0n) is 20.7. The molecule has 0 bridgehead atoms. The van der Waals surface area contributed by atoms with Crippen LogP contribution in [-0.2, 0) is 0 Å². The number of carbonyl (C=O) groups excluding carboxylic acids is 1. The van der Waals surface area contributed by atoms with Crippen LogP contribution in [-0.4, -0.2) is 56.3 Å². The van der Waals surface area contributed by atoms with E-state index in [0.29, 0.717) is 28.4 Å². The number of rotatable bonds is 8. The number of anilines is 1. The number of hydrogen-bond donors (Lipinski definition) is 2. The van der Waals surface area contributed by atoms with Gasteiger partial charge in [-0.1, -0.05) is 29.3 Å². The molecule has 1 atom stereocenters. The van der Waals surface area contributed by atoms with Gasteiger partial charge in [0.2, 0.25) is 0 Å². The zero-order valence-corrected chi connectivity index (χ0v) is 21.4. The molecule has 184 valence electrons. The molecule has 5 nitrogen and oxygen atoms in total. The summed E-state index contributed by atoms with van der Waals surface area (Å²) in [7, 11) is 0. The van der Waals surface area contributed by atoms with E-state index < -0.39 is 6.10 Å². The number of quaternary nitrogens is 1. The molecule has 1 aliphatic heterocycles. The highest BCUT2D eigenvalue weighted by Crippen LogP contribution is 2.26. The summed E-state index contributed by atoms with van der Waals surface area (Å²) in [6.07, 6.45) is -0.547. The second-order valence-electron chi connectivity index (χ2n) is 9.51. The van der Waals surface area contributed by atoms with Gasteiger partial charge >= 0.3 is 0 Å². The molecule has 4 rings (SSSR count). The molecule has 0 radical (unpaired) electrons. The lowest BCUT2D eigenvalue weighted by molar-refractivity contribution is -0.903. The predicted molar refractivity (Wildman–Crippen MR) is 141 cm³/mol. The smallest absolute Gasteiger partial charge is 0.193 e. The van der Waals surface area contributed by atoms with Gasteiger partial charge in [0.1, 0.15) is 25.0 Å². The highest BCUT2D eigenvalue weighted by atomic mass is 35.5. The molecule has 6 heteroatoms. The molecule has 1 unspecified atom stereocenters.